The van der Waals surface area contributed by atoms with Gasteiger partial charge in [0.25, 0.3) is 6.43 Å². The Balaban J connectivity index is 1.14. The first-order chi connectivity index (χ1) is 13.5. The Morgan fingerprint density at radius 2 is 2.00 bits per heavy atom. The zero-order valence-electron chi connectivity index (χ0n) is 15.9. The molecule has 0 amide bonds. The maximum atomic E-state index is 12.8. The van der Waals surface area contributed by atoms with Crippen molar-refractivity contribution in [3.05, 3.63) is 24.2 Å². The normalized spacial score (nSPS) is 30.8. The van der Waals surface area contributed by atoms with Crippen LogP contribution in [0.1, 0.15) is 44.2 Å². The van der Waals surface area contributed by atoms with Gasteiger partial charge in [-0.15, -0.1) is 0 Å². The zero-order chi connectivity index (χ0) is 18.9. The molecule has 0 atom stereocenters. The van der Waals surface area contributed by atoms with Crippen LogP contribution in [0.3, 0.4) is 0 Å². The van der Waals surface area contributed by atoms with E-state index in [2.05, 4.69) is 26.0 Å². The molecule has 5 nitrogen and oxygen atoms in total. The van der Waals surface area contributed by atoms with Crippen molar-refractivity contribution in [3.8, 4) is 0 Å². The second-order valence-electron chi connectivity index (χ2n) is 9.74. The van der Waals surface area contributed by atoms with E-state index in [9.17, 15) is 8.78 Å². The lowest BCUT2D eigenvalue weighted by atomic mass is 9.44. The average Bonchev–Trinajstić information content (AvgIpc) is 2.97. The van der Waals surface area contributed by atoms with Crippen molar-refractivity contribution in [2.75, 3.05) is 19.6 Å². The number of rotatable bonds is 5. The predicted octanol–water partition coefficient (Wildman–Crippen LogP) is 3.76. The fourth-order valence-electron chi connectivity index (χ4n) is 6.07. The van der Waals surface area contributed by atoms with Gasteiger partial charge in [-0.25, -0.2) is 23.4 Å². The number of halogens is 2. The largest absolute Gasteiger partial charge is 0.302 e. The lowest BCUT2D eigenvalue weighted by Crippen LogP contribution is -2.64. The first kappa shape index (κ1) is 17.0. The minimum Gasteiger partial charge on any atom is -0.302 e. The monoisotopic (exact) mass is 385 g/mol. The molecular weight excluding hydrogens is 360 g/mol. The second kappa shape index (κ2) is 5.81. The lowest BCUT2D eigenvalue weighted by molar-refractivity contribution is -0.152. The predicted molar refractivity (Wildman–Crippen MR) is 102 cm³/mol. The van der Waals surface area contributed by atoms with E-state index in [0.29, 0.717) is 22.0 Å². The van der Waals surface area contributed by atoms with E-state index in [1.54, 1.807) is 6.20 Å². The van der Waals surface area contributed by atoms with Gasteiger partial charge in [-0.05, 0) is 60.8 Å². The van der Waals surface area contributed by atoms with Crippen LogP contribution in [-0.4, -0.2) is 50.7 Å². The molecule has 148 valence electrons. The van der Waals surface area contributed by atoms with Gasteiger partial charge in [-0.3, -0.25) is 0 Å². The van der Waals surface area contributed by atoms with Crippen molar-refractivity contribution in [2.24, 2.45) is 16.7 Å². The van der Waals surface area contributed by atoms with Gasteiger partial charge in [-0.1, -0.05) is 6.08 Å². The van der Waals surface area contributed by atoms with Gasteiger partial charge in [0.15, 0.2) is 5.65 Å². The van der Waals surface area contributed by atoms with Crippen LogP contribution in [0.15, 0.2) is 18.5 Å². The van der Waals surface area contributed by atoms with Crippen LogP contribution in [0.5, 0.6) is 0 Å². The van der Waals surface area contributed by atoms with Crippen molar-refractivity contribution in [1.29, 1.82) is 0 Å². The maximum absolute atomic E-state index is 12.8. The third kappa shape index (κ3) is 2.62. The Kier molecular flexibility index (Phi) is 3.53. The number of nitrogens with zero attached hydrogens (tertiary/aromatic N) is 5. The molecule has 2 bridgehead atoms. The SMILES string of the molecule is FC(F)Cn1ncc2ncc(C3=CCC4(CC3)CN(CC35CC(C3)C5)C4)nc21. The summed E-state index contributed by atoms with van der Waals surface area (Å²) in [6, 6.07) is 0. The fourth-order valence-corrected chi connectivity index (χ4v) is 6.07. The van der Waals surface area contributed by atoms with Gasteiger partial charge < -0.3 is 4.90 Å². The van der Waals surface area contributed by atoms with Crippen molar-refractivity contribution in [1.82, 2.24) is 24.6 Å². The molecule has 0 radical (unpaired) electrons. The Hall–Kier alpha value is -1.89. The van der Waals surface area contributed by atoms with E-state index < -0.39 is 13.0 Å². The molecule has 1 aliphatic heterocycles. The van der Waals surface area contributed by atoms with Crippen molar-refractivity contribution < 1.29 is 8.78 Å². The second-order valence-corrected chi connectivity index (χ2v) is 9.74. The van der Waals surface area contributed by atoms with E-state index in [1.807, 2.05) is 0 Å². The summed E-state index contributed by atoms with van der Waals surface area (Å²) in [6.07, 6.45) is 10.8. The van der Waals surface area contributed by atoms with Crippen molar-refractivity contribution in [2.45, 2.75) is 51.5 Å². The summed E-state index contributed by atoms with van der Waals surface area (Å²) in [5.74, 6) is 1.06. The highest BCUT2D eigenvalue weighted by molar-refractivity contribution is 5.73. The molecule has 1 spiro atoms. The van der Waals surface area contributed by atoms with Crippen LogP contribution in [0.4, 0.5) is 8.78 Å². The molecule has 1 saturated heterocycles. The van der Waals surface area contributed by atoms with Crippen LogP contribution < -0.4 is 0 Å². The number of aromatic nitrogens is 4. The highest BCUT2D eigenvalue weighted by Crippen LogP contribution is 2.65. The number of alkyl halides is 2. The smallest absolute Gasteiger partial charge is 0.258 e. The van der Waals surface area contributed by atoms with Gasteiger partial charge in [0.1, 0.15) is 12.1 Å². The quantitative estimate of drug-likeness (QED) is 0.786. The number of likely N-dealkylation sites (tertiary alicyclic amines) is 1. The Labute approximate surface area is 162 Å². The summed E-state index contributed by atoms with van der Waals surface area (Å²) < 4.78 is 26.8. The summed E-state index contributed by atoms with van der Waals surface area (Å²) in [6.45, 7) is 3.34. The number of hydrogen-bond donors (Lipinski definition) is 0. The van der Waals surface area contributed by atoms with E-state index in [4.69, 9.17) is 0 Å². The van der Waals surface area contributed by atoms with Crippen LogP contribution in [0.25, 0.3) is 16.7 Å². The molecule has 0 aromatic carbocycles. The fraction of sp³-hybridized carbons (Fsp3) is 0.667. The van der Waals surface area contributed by atoms with Crippen LogP contribution in [-0.2, 0) is 6.54 Å². The van der Waals surface area contributed by atoms with Gasteiger partial charge >= 0.3 is 0 Å². The molecule has 4 fully saturated rings. The minimum absolute atomic E-state index is 0.443. The molecule has 2 aromatic rings. The van der Waals surface area contributed by atoms with Crippen LogP contribution in [0, 0.1) is 16.7 Å². The molecule has 28 heavy (non-hydrogen) atoms. The molecule has 3 saturated carbocycles. The summed E-state index contributed by atoms with van der Waals surface area (Å²) >= 11 is 0. The van der Waals surface area contributed by atoms with Gasteiger partial charge in [-0.2, -0.15) is 5.10 Å². The number of allylic oxidation sites excluding steroid dienone is 2. The molecular formula is C21H25F2N5. The molecule has 2 aromatic heterocycles. The molecule has 0 unspecified atom stereocenters. The molecule has 5 aliphatic rings. The first-order valence-electron chi connectivity index (χ1n) is 10.4. The molecule has 7 heteroatoms. The average molecular weight is 385 g/mol. The molecule has 0 N–H and O–H groups in total. The summed E-state index contributed by atoms with van der Waals surface area (Å²) in [4.78, 5) is 11.7. The lowest BCUT2D eigenvalue weighted by Gasteiger charge is -2.66. The summed E-state index contributed by atoms with van der Waals surface area (Å²) in [7, 11) is 0. The maximum Gasteiger partial charge on any atom is 0.258 e. The Bertz CT molecular complexity index is 942. The standard InChI is InChI=1S/C21H25F2N5/c22-18(23)10-28-19-17(9-25-28)24-8-16(26-19)15-1-3-20(4-2-15)11-27(12-20)13-21-5-14(6-21)7-21/h1,8-9,14,18H,2-7,10-13H2. The first-order valence-corrected chi connectivity index (χ1v) is 10.4. The zero-order valence-corrected chi connectivity index (χ0v) is 15.9. The van der Waals surface area contributed by atoms with E-state index in [-0.39, 0.29) is 0 Å². The van der Waals surface area contributed by atoms with E-state index in [1.165, 1.54) is 61.8 Å². The van der Waals surface area contributed by atoms with Crippen LogP contribution in [0.2, 0.25) is 0 Å². The van der Waals surface area contributed by atoms with Crippen molar-refractivity contribution >= 4 is 16.7 Å². The third-order valence-corrected chi connectivity index (χ3v) is 7.53. The highest BCUT2D eigenvalue weighted by atomic mass is 19.3. The topological polar surface area (TPSA) is 46.8 Å². The van der Waals surface area contributed by atoms with Gasteiger partial charge in [0, 0.05) is 19.6 Å². The Morgan fingerprint density at radius 1 is 1.18 bits per heavy atom. The Morgan fingerprint density at radius 3 is 2.64 bits per heavy atom. The minimum atomic E-state index is -2.45. The van der Waals surface area contributed by atoms with Gasteiger partial charge in [0.2, 0.25) is 0 Å². The molecule has 7 rings (SSSR count). The van der Waals surface area contributed by atoms with Crippen molar-refractivity contribution in [3.63, 3.8) is 0 Å². The van der Waals surface area contributed by atoms with Crippen LogP contribution >= 0.6 is 0 Å². The van der Waals surface area contributed by atoms with E-state index in [0.717, 1.165) is 24.5 Å². The number of fused-ring (bicyclic) bond motifs is 1. The summed E-state index contributed by atoms with van der Waals surface area (Å²) in [5.41, 5.74) is 4.18. The third-order valence-electron chi connectivity index (χ3n) is 7.53. The molecule has 3 heterocycles. The highest BCUT2D eigenvalue weighted by Gasteiger charge is 2.58. The summed E-state index contributed by atoms with van der Waals surface area (Å²) in [5, 5.41) is 4.01. The van der Waals surface area contributed by atoms with E-state index >= 15 is 0 Å². The number of hydrogen-bond acceptors (Lipinski definition) is 4. The molecule has 4 aliphatic carbocycles. The van der Waals surface area contributed by atoms with Gasteiger partial charge in [0.05, 0.1) is 18.1 Å².